The van der Waals surface area contributed by atoms with Gasteiger partial charge in [0.25, 0.3) is 15.9 Å². The van der Waals surface area contributed by atoms with Crippen molar-refractivity contribution in [2.75, 3.05) is 11.8 Å². The van der Waals surface area contributed by atoms with Gasteiger partial charge in [0, 0.05) is 34.7 Å². The normalized spacial score (nSPS) is 11.5. The van der Waals surface area contributed by atoms with Crippen molar-refractivity contribution in [3.05, 3.63) is 42.9 Å². The zero-order valence-corrected chi connectivity index (χ0v) is 15.7. The number of benzene rings is 1. The molecule has 1 amide bonds. The number of anilines is 1. The van der Waals surface area contributed by atoms with E-state index >= 15 is 0 Å². The van der Waals surface area contributed by atoms with Crippen LogP contribution in [0.15, 0.2) is 47.8 Å². The number of amides is 1. The van der Waals surface area contributed by atoms with E-state index in [1.54, 1.807) is 12.1 Å². The molecule has 0 aliphatic heterocycles. The maximum Gasteiger partial charge on any atom is 0.411 e. The zero-order chi connectivity index (χ0) is 20.6. The predicted octanol–water partition coefficient (Wildman–Crippen LogP) is 1.77. The molecule has 3 aromatic heterocycles. The Balaban J connectivity index is 1.87. The number of rotatable bonds is 5. The van der Waals surface area contributed by atoms with Gasteiger partial charge in [-0.05, 0) is 18.2 Å². The van der Waals surface area contributed by atoms with Crippen molar-refractivity contribution in [1.29, 1.82) is 0 Å². The number of sulfonamides is 1. The fraction of sp³-hybridized carbons (Fsp3) is 0.0588. The maximum atomic E-state index is 12.7. The number of aromatic nitrogens is 4. The minimum Gasteiger partial charge on any atom is -0.481 e. The number of carbonyl (C=O) groups is 1. The molecule has 12 heteroatoms. The average molecular weight is 414 g/mol. The fourth-order valence-electron chi connectivity index (χ4n) is 2.81. The Bertz CT molecular complexity index is 1340. The van der Waals surface area contributed by atoms with E-state index in [0.29, 0.717) is 21.8 Å². The van der Waals surface area contributed by atoms with Gasteiger partial charge in [0.2, 0.25) is 5.88 Å². The maximum absolute atomic E-state index is 12.7. The third-order valence-corrected chi connectivity index (χ3v) is 5.37. The number of methoxy groups -OCH3 is 1. The van der Waals surface area contributed by atoms with Crippen molar-refractivity contribution in [2.24, 2.45) is 5.73 Å². The van der Waals surface area contributed by atoms with E-state index in [1.165, 1.54) is 37.8 Å². The van der Waals surface area contributed by atoms with E-state index in [9.17, 15) is 13.2 Å². The highest BCUT2D eigenvalue weighted by Gasteiger charge is 2.19. The highest BCUT2D eigenvalue weighted by atomic mass is 32.2. The summed E-state index contributed by atoms with van der Waals surface area (Å²) in [7, 11) is -2.51. The lowest BCUT2D eigenvalue weighted by molar-refractivity contribution is 0.209. The Morgan fingerprint density at radius 2 is 2.03 bits per heavy atom. The lowest BCUT2D eigenvalue weighted by Crippen LogP contribution is -2.17. The van der Waals surface area contributed by atoms with Crippen molar-refractivity contribution >= 4 is 43.7 Å². The Labute approximate surface area is 163 Å². The molecule has 0 radical (unpaired) electrons. The summed E-state index contributed by atoms with van der Waals surface area (Å²) in [5, 5.41) is 1.09. The summed E-state index contributed by atoms with van der Waals surface area (Å²) in [6.45, 7) is 0. The second-order valence-electron chi connectivity index (χ2n) is 5.84. The first-order chi connectivity index (χ1) is 13.9. The van der Waals surface area contributed by atoms with Crippen LogP contribution in [0.25, 0.3) is 21.8 Å². The summed E-state index contributed by atoms with van der Waals surface area (Å²) in [4.78, 5) is 26.0. The molecule has 0 fully saturated rings. The van der Waals surface area contributed by atoms with Crippen LogP contribution in [-0.2, 0) is 10.0 Å². The summed E-state index contributed by atoms with van der Waals surface area (Å²) in [6, 6.07) is 6.08. The molecule has 0 atom stereocenters. The van der Waals surface area contributed by atoms with E-state index in [2.05, 4.69) is 24.7 Å². The van der Waals surface area contributed by atoms with Crippen LogP contribution in [0.1, 0.15) is 0 Å². The third-order valence-electron chi connectivity index (χ3n) is 4.02. The molecule has 4 aromatic rings. The van der Waals surface area contributed by atoms with Crippen molar-refractivity contribution in [3.63, 3.8) is 0 Å². The minimum absolute atomic E-state index is 0.00435. The van der Waals surface area contributed by atoms with Crippen molar-refractivity contribution in [2.45, 2.75) is 4.90 Å². The number of carbonyl (C=O) groups excluding carboxylic acids is 1. The number of nitrogens with one attached hydrogen (secondary N) is 2. The number of H-pyrrole nitrogens is 1. The Hall–Kier alpha value is -3.93. The first-order valence-electron chi connectivity index (χ1n) is 8.14. The molecule has 11 nitrogen and oxygen atoms in total. The highest BCUT2D eigenvalue weighted by molar-refractivity contribution is 7.92. The van der Waals surface area contributed by atoms with Gasteiger partial charge in [-0.1, -0.05) is 0 Å². The van der Waals surface area contributed by atoms with E-state index < -0.39 is 16.1 Å². The van der Waals surface area contributed by atoms with Crippen LogP contribution in [0.5, 0.6) is 11.8 Å². The standard InChI is InChI=1S/C17H14N6O5S/c1-27-14-7-11-10-6-9(29(25,26)23-13-8-19-4-5-20-13)2-3-12(10)21-15(11)16(22-14)28-17(18)24/h2-8,21H,1H3,(H2,18,24)(H,20,23). The van der Waals surface area contributed by atoms with Crippen LogP contribution >= 0.6 is 0 Å². The number of hydrogen-bond acceptors (Lipinski definition) is 8. The van der Waals surface area contributed by atoms with Gasteiger partial charge >= 0.3 is 6.09 Å². The number of hydrogen-bond donors (Lipinski definition) is 3. The molecule has 0 aliphatic carbocycles. The summed E-state index contributed by atoms with van der Waals surface area (Å²) in [6.07, 6.45) is 3.07. The van der Waals surface area contributed by atoms with Crippen LogP contribution < -0.4 is 19.9 Å². The first kappa shape index (κ1) is 18.4. The predicted molar refractivity (Wildman–Crippen MR) is 103 cm³/mol. The van der Waals surface area contributed by atoms with Crippen LogP contribution in [0.4, 0.5) is 10.6 Å². The molecular formula is C17H14N6O5S. The molecule has 148 valence electrons. The molecule has 0 aliphatic rings. The number of nitrogens with two attached hydrogens (primary N) is 1. The van der Waals surface area contributed by atoms with E-state index in [0.717, 1.165) is 0 Å². The van der Waals surface area contributed by atoms with Gasteiger partial charge < -0.3 is 20.2 Å². The lowest BCUT2D eigenvalue weighted by atomic mass is 10.2. The summed E-state index contributed by atoms with van der Waals surface area (Å²) in [5.41, 5.74) is 6.07. The Morgan fingerprint density at radius 3 is 2.72 bits per heavy atom. The second-order valence-corrected chi connectivity index (χ2v) is 7.52. The van der Waals surface area contributed by atoms with Crippen LogP contribution in [0.3, 0.4) is 0 Å². The number of primary amides is 1. The molecule has 0 saturated heterocycles. The van der Waals surface area contributed by atoms with Gasteiger partial charge in [0.15, 0.2) is 5.82 Å². The Morgan fingerprint density at radius 1 is 1.21 bits per heavy atom. The quantitative estimate of drug-likeness (QED) is 0.445. The van der Waals surface area contributed by atoms with Gasteiger partial charge in [0.1, 0.15) is 5.52 Å². The van der Waals surface area contributed by atoms with Gasteiger partial charge in [-0.2, -0.15) is 4.98 Å². The summed E-state index contributed by atoms with van der Waals surface area (Å²) >= 11 is 0. The van der Waals surface area contributed by atoms with Gasteiger partial charge in [-0.3, -0.25) is 9.71 Å². The second kappa shape index (κ2) is 6.91. The molecule has 29 heavy (non-hydrogen) atoms. The molecule has 0 saturated carbocycles. The van der Waals surface area contributed by atoms with Gasteiger partial charge in [-0.15, -0.1) is 0 Å². The number of ether oxygens (including phenoxy) is 2. The van der Waals surface area contributed by atoms with E-state index in [4.69, 9.17) is 15.2 Å². The number of nitrogens with zero attached hydrogens (tertiary/aromatic N) is 3. The molecule has 3 heterocycles. The third kappa shape index (κ3) is 3.48. The SMILES string of the molecule is COc1cc2c([nH]c3ccc(S(=O)(=O)Nc4cnccn4)cc32)c(OC(N)=O)n1. The number of aromatic amines is 1. The van der Waals surface area contributed by atoms with E-state index in [1.807, 2.05) is 0 Å². The fourth-order valence-corrected chi connectivity index (χ4v) is 3.83. The lowest BCUT2D eigenvalue weighted by Gasteiger charge is -2.07. The molecule has 0 spiro atoms. The Kier molecular flexibility index (Phi) is 4.39. The average Bonchev–Trinajstić information content (AvgIpc) is 3.06. The molecule has 0 bridgehead atoms. The van der Waals surface area contributed by atoms with Crippen LogP contribution in [0.2, 0.25) is 0 Å². The molecule has 1 aromatic carbocycles. The largest absolute Gasteiger partial charge is 0.481 e. The monoisotopic (exact) mass is 414 g/mol. The first-order valence-corrected chi connectivity index (χ1v) is 9.62. The minimum atomic E-state index is -3.91. The zero-order valence-electron chi connectivity index (χ0n) is 14.9. The molecule has 0 unspecified atom stereocenters. The van der Waals surface area contributed by atoms with Gasteiger partial charge in [-0.25, -0.2) is 18.2 Å². The van der Waals surface area contributed by atoms with Crippen LogP contribution in [0, 0.1) is 0 Å². The van der Waals surface area contributed by atoms with Crippen molar-refractivity contribution < 1.29 is 22.7 Å². The topological polar surface area (TPSA) is 162 Å². The summed E-state index contributed by atoms with van der Waals surface area (Å²) in [5.74, 6) is 0.181. The van der Waals surface area contributed by atoms with Crippen LogP contribution in [-0.4, -0.2) is 41.6 Å². The molecule has 4 N–H and O–H groups in total. The van der Waals surface area contributed by atoms with Crippen molar-refractivity contribution in [3.8, 4) is 11.8 Å². The number of fused-ring (bicyclic) bond motifs is 3. The molecule has 4 rings (SSSR count). The highest BCUT2D eigenvalue weighted by Crippen LogP contribution is 2.34. The van der Waals surface area contributed by atoms with E-state index in [-0.39, 0.29) is 22.5 Å². The van der Waals surface area contributed by atoms with Gasteiger partial charge in [0.05, 0.1) is 18.2 Å². The number of pyridine rings is 1. The smallest absolute Gasteiger partial charge is 0.411 e. The molecular weight excluding hydrogens is 400 g/mol. The van der Waals surface area contributed by atoms with Crippen molar-refractivity contribution in [1.82, 2.24) is 19.9 Å². The summed E-state index contributed by atoms with van der Waals surface area (Å²) < 4.78 is 37.9.